The Hall–Kier alpha value is -0.830. The summed E-state index contributed by atoms with van der Waals surface area (Å²) >= 11 is 0. The largest absolute Gasteiger partial charge is 0.349 e. The van der Waals surface area contributed by atoms with Gasteiger partial charge in [0, 0.05) is 24.9 Å². The molecule has 0 amide bonds. The molecule has 0 aromatic carbocycles. The van der Waals surface area contributed by atoms with Gasteiger partial charge in [-0.2, -0.15) is 0 Å². The highest BCUT2D eigenvalue weighted by atomic mass is 14.9. The summed E-state index contributed by atoms with van der Waals surface area (Å²) in [5.74, 6) is 1.10. The van der Waals surface area contributed by atoms with Crippen molar-refractivity contribution < 1.29 is 0 Å². The van der Waals surface area contributed by atoms with Gasteiger partial charge in [-0.15, -0.1) is 0 Å². The molecule has 1 atom stereocenters. The smallest absolute Gasteiger partial charge is 0.107 e. The van der Waals surface area contributed by atoms with Gasteiger partial charge in [-0.05, 0) is 13.5 Å². The highest BCUT2D eigenvalue weighted by Gasteiger charge is 2.08. The molecule has 1 unspecified atom stereocenters. The third kappa shape index (κ3) is 8.36. The lowest BCUT2D eigenvalue weighted by Crippen LogP contribution is -2.27. The van der Waals surface area contributed by atoms with Crippen LogP contribution in [0.4, 0.5) is 0 Å². The van der Waals surface area contributed by atoms with E-state index in [1.54, 1.807) is 0 Å². The number of aromatic nitrogens is 2. The Bertz CT molecular complexity index is 295. The molecule has 1 aromatic rings. The molecule has 0 aliphatic carbocycles. The quantitative estimate of drug-likeness (QED) is 0.523. The van der Waals surface area contributed by atoms with Crippen molar-refractivity contribution in [1.29, 1.82) is 0 Å². The van der Waals surface area contributed by atoms with Gasteiger partial charge in [0.2, 0.25) is 0 Å². The molecule has 0 saturated carbocycles. The van der Waals surface area contributed by atoms with Crippen LogP contribution in [0.5, 0.6) is 0 Å². The number of likely N-dealkylation sites (N-methyl/N-ethyl adjacent to an activating group) is 1. The number of aromatic amines is 1. The predicted molar refractivity (Wildman–Crippen MR) is 87.0 cm³/mol. The zero-order chi connectivity index (χ0) is 14.5. The molecular weight excluding hydrogens is 246 g/mol. The predicted octanol–water partition coefficient (Wildman–Crippen LogP) is 4.46. The van der Waals surface area contributed by atoms with E-state index in [0.29, 0.717) is 6.04 Å². The SMILES string of the molecule is CCCCCCCCCCCC(Cc1ncc[nH]1)NC. The maximum Gasteiger partial charge on any atom is 0.107 e. The summed E-state index contributed by atoms with van der Waals surface area (Å²) in [4.78, 5) is 7.49. The summed E-state index contributed by atoms with van der Waals surface area (Å²) in [6.07, 6.45) is 18.6. The molecule has 1 aromatic heterocycles. The number of hydrogen-bond donors (Lipinski definition) is 2. The average Bonchev–Trinajstić information content (AvgIpc) is 2.97. The van der Waals surface area contributed by atoms with Crippen LogP contribution in [0.2, 0.25) is 0 Å². The molecule has 116 valence electrons. The summed E-state index contributed by atoms with van der Waals surface area (Å²) in [5, 5.41) is 3.41. The molecule has 1 rings (SSSR count). The molecule has 0 fully saturated rings. The van der Waals surface area contributed by atoms with E-state index in [2.05, 4.69) is 29.3 Å². The van der Waals surface area contributed by atoms with Crippen LogP contribution in [-0.2, 0) is 6.42 Å². The second-order valence-corrected chi connectivity index (χ2v) is 5.84. The lowest BCUT2D eigenvalue weighted by atomic mass is 10.0. The first kappa shape index (κ1) is 17.2. The fourth-order valence-electron chi connectivity index (χ4n) is 2.69. The first-order valence-electron chi connectivity index (χ1n) is 8.52. The number of rotatable bonds is 13. The van der Waals surface area contributed by atoms with E-state index in [1.165, 1.54) is 64.2 Å². The van der Waals surface area contributed by atoms with E-state index in [0.717, 1.165) is 12.2 Å². The second kappa shape index (κ2) is 12.0. The third-order valence-corrected chi connectivity index (χ3v) is 4.06. The standard InChI is InChI=1S/C17H33N3/c1-3-4-5-6-7-8-9-10-11-12-16(18-2)15-17-19-13-14-20-17/h13-14,16,18H,3-12,15H2,1-2H3,(H,19,20). The molecule has 0 spiro atoms. The number of nitrogens with zero attached hydrogens (tertiary/aromatic N) is 1. The van der Waals surface area contributed by atoms with E-state index in [4.69, 9.17) is 0 Å². The Morgan fingerprint density at radius 2 is 1.70 bits per heavy atom. The first-order chi connectivity index (χ1) is 9.86. The minimum atomic E-state index is 0.561. The van der Waals surface area contributed by atoms with Gasteiger partial charge in [0.25, 0.3) is 0 Å². The van der Waals surface area contributed by atoms with Crippen molar-refractivity contribution in [3.8, 4) is 0 Å². The van der Waals surface area contributed by atoms with Gasteiger partial charge in [0.15, 0.2) is 0 Å². The summed E-state index contributed by atoms with van der Waals surface area (Å²) < 4.78 is 0. The minimum absolute atomic E-state index is 0.561. The number of unbranched alkanes of at least 4 members (excludes halogenated alkanes) is 8. The molecule has 0 saturated heterocycles. The molecule has 1 heterocycles. The van der Waals surface area contributed by atoms with Crippen LogP contribution < -0.4 is 5.32 Å². The van der Waals surface area contributed by atoms with E-state index in [1.807, 2.05) is 12.4 Å². The summed E-state index contributed by atoms with van der Waals surface area (Å²) in [5.41, 5.74) is 0. The molecule has 3 nitrogen and oxygen atoms in total. The topological polar surface area (TPSA) is 40.7 Å². The molecular formula is C17H33N3. The van der Waals surface area contributed by atoms with Gasteiger partial charge in [-0.25, -0.2) is 4.98 Å². The maximum absolute atomic E-state index is 4.30. The average molecular weight is 279 g/mol. The fraction of sp³-hybridized carbons (Fsp3) is 0.824. The van der Waals surface area contributed by atoms with Gasteiger partial charge in [-0.1, -0.05) is 64.7 Å². The fourth-order valence-corrected chi connectivity index (χ4v) is 2.69. The van der Waals surface area contributed by atoms with Crippen molar-refractivity contribution >= 4 is 0 Å². The molecule has 20 heavy (non-hydrogen) atoms. The first-order valence-corrected chi connectivity index (χ1v) is 8.52. The van der Waals surface area contributed by atoms with Crippen LogP contribution >= 0.6 is 0 Å². The van der Waals surface area contributed by atoms with Crippen molar-refractivity contribution in [3.05, 3.63) is 18.2 Å². The van der Waals surface area contributed by atoms with Crippen molar-refractivity contribution in [2.75, 3.05) is 7.05 Å². The third-order valence-electron chi connectivity index (χ3n) is 4.06. The van der Waals surface area contributed by atoms with Crippen molar-refractivity contribution in [2.45, 2.75) is 83.6 Å². The summed E-state index contributed by atoms with van der Waals surface area (Å²) in [6.45, 7) is 2.28. The van der Waals surface area contributed by atoms with Gasteiger partial charge in [-0.3, -0.25) is 0 Å². The Balaban J connectivity index is 1.93. The van der Waals surface area contributed by atoms with Gasteiger partial charge in [0.1, 0.15) is 5.82 Å². The molecule has 0 radical (unpaired) electrons. The van der Waals surface area contributed by atoms with Crippen LogP contribution in [0, 0.1) is 0 Å². The maximum atomic E-state index is 4.30. The normalized spacial score (nSPS) is 12.7. The number of imidazole rings is 1. The lowest BCUT2D eigenvalue weighted by Gasteiger charge is -2.14. The van der Waals surface area contributed by atoms with Crippen LogP contribution in [0.3, 0.4) is 0 Å². The van der Waals surface area contributed by atoms with Crippen molar-refractivity contribution in [1.82, 2.24) is 15.3 Å². The molecule has 3 heteroatoms. The van der Waals surface area contributed by atoms with Crippen LogP contribution in [-0.4, -0.2) is 23.1 Å². The zero-order valence-corrected chi connectivity index (χ0v) is 13.5. The van der Waals surface area contributed by atoms with Crippen molar-refractivity contribution in [3.63, 3.8) is 0 Å². The van der Waals surface area contributed by atoms with E-state index >= 15 is 0 Å². The van der Waals surface area contributed by atoms with Gasteiger partial charge >= 0.3 is 0 Å². The Morgan fingerprint density at radius 3 is 2.25 bits per heavy atom. The Labute approximate surface area is 125 Å². The van der Waals surface area contributed by atoms with Crippen molar-refractivity contribution in [2.24, 2.45) is 0 Å². The number of H-pyrrole nitrogens is 1. The van der Waals surface area contributed by atoms with E-state index in [-0.39, 0.29) is 0 Å². The van der Waals surface area contributed by atoms with Gasteiger partial charge < -0.3 is 10.3 Å². The highest BCUT2D eigenvalue weighted by Crippen LogP contribution is 2.12. The molecule has 0 aliphatic rings. The lowest BCUT2D eigenvalue weighted by molar-refractivity contribution is 0.471. The molecule has 2 N–H and O–H groups in total. The minimum Gasteiger partial charge on any atom is -0.349 e. The van der Waals surface area contributed by atoms with E-state index in [9.17, 15) is 0 Å². The Kier molecular flexibility index (Phi) is 10.3. The molecule has 0 bridgehead atoms. The molecule has 0 aliphatic heterocycles. The highest BCUT2D eigenvalue weighted by molar-refractivity contribution is 4.90. The number of nitrogens with one attached hydrogen (secondary N) is 2. The second-order valence-electron chi connectivity index (χ2n) is 5.84. The summed E-state index contributed by atoms with van der Waals surface area (Å²) in [7, 11) is 2.06. The zero-order valence-electron chi connectivity index (χ0n) is 13.5. The number of hydrogen-bond acceptors (Lipinski definition) is 2. The Morgan fingerprint density at radius 1 is 1.05 bits per heavy atom. The van der Waals surface area contributed by atoms with E-state index < -0.39 is 0 Å². The summed E-state index contributed by atoms with van der Waals surface area (Å²) in [6, 6.07) is 0.561. The van der Waals surface area contributed by atoms with Crippen LogP contribution in [0.15, 0.2) is 12.4 Å². The monoisotopic (exact) mass is 279 g/mol. The van der Waals surface area contributed by atoms with Crippen LogP contribution in [0.25, 0.3) is 0 Å². The van der Waals surface area contributed by atoms with Crippen LogP contribution in [0.1, 0.15) is 77.0 Å². The van der Waals surface area contributed by atoms with Gasteiger partial charge in [0.05, 0.1) is 0 Å².